The van der Waals surface area contributed by atoms with Gasteiger partial charge in [-0.05, 0) is 38.4 Å². The molecule has 1 heterocycles. The van der Waals surface area contributed by atoms with Gasteiger partial charge in [0.15, 0.2) is 0 Å². The Bertz CT molecular complexity index is 537. The van der Waals surface area contributed by atoms with Crippen molar-refractivity contribution in [1.82, 2.24) is 5.32 Å². The molecular formula is C15H19NO2S. The van der Waals surface area contributed by atoms with E-state index in [-0.39, 0.29) is 0 Å². The van der Waals surface area contributed by atoms with E-state index in [9.17, 15) is 0 Å². The molecule has 0 aliphatic heterocycles. The van der Waals surface area contributed by atoms with Crippen LogP contribution in [0.4, 0.5) is 0 Å². The highest BCUT2D eigenvalue weighted by atomic mass is 32.2. The van der Waals surface area contributed by atoms with Gasteiger partial charge in [-0.1, -0.05) is 12.1 Å². The van der Waals surface area contributed by atoms with Crippen LogP contribution in [0.2, 0.25) is 0 Å². The number of rotatable bonds is 6. The number of furan rings is 1. The van der Waals surface area contributed by atoms with Gasteiger partial charge in [-0.25, -0.2) is 0 Å². The van der Waals surface area contributed by atoms with Crippen LogP contribution in [0.25, 0.3) is 0 Å². The summed E-state index contributed by atoms with van der Waals surface area (Å²) in [6.45, 7) is 3.25. The van der Waals surface area contributed by atoms with Gasteiger partial charge in [0.25, 0.3) is 0 Å². The molecule has 0 aliphatic rings. The molecule has 2 rings (SSSR count). The van der Waals surface area contributed by atoms with Crippen LogP contribution in [-0.2, 0) is 13.2 Å². The lowest BCUT2D eigenvalue weighted by Gasteiger charge is -2.07. The molecule has 102 valence electrons. The minimum atomic E-state index is 0.460. The first-order valence-corrected chi connectivity index (χ1v) is 7.45. The summed E-state index contributed by atoms with van der Waals surface area (Å²) < 4.78 is 11.5. The van der Waals surface area contributed by atoms with Gasteiger partial charge in [-0.15, -0.1) is 11.8 Å². The second-order valence-electron chi connectivity index (χ2n) is 4.26. The molecule has 0 spiro atoms. The maximum absolute atomic E-state index is 5.83. The normalized spacial score (nSPS) is 10.7. The van der Waals surface area contributed by atoms with Crippen molar-refractivity contribution in [3.8, 4) is 5.75 Å². The third-order valence-electron chi connectivity index (χ3n) is 2.88. The molecule has 0 unspecified atom stereocenters. The van der Waals surface area contributed by atoms with Crippen molar-refractivity contribution in [2.24, 2.45) is 0 Å². The molecule has 19 heavy (non-hydrogen) atoms. The third-order valence-corrected chi connectivity index (χ3v) is 3.65. The summed E-state index contributed by atoms with van der Waals surface area (Å²) in [5.74, 6) is 2.71. The fourth-order valence-corrected chi connectivity index (χ4v) is 2.45. The average Bonchev–Trinajstić information content (AvgIpc) is 2.78. The van der Waals surface area contributed by atoms with E-state index in [1.54, 1.807) is 11.8 Å². The number of thioether (sulfide) groups is 1. The lowest BCUT2D eigenvalue weighted by atomic mass is 10.2. The largest absolute Gasteiger partial charge is 0.484 e. The lowest BCUT2D eigenvalue weighted by Crippen LogP contribution is -2.04. The van der Waals surface area contributed by atoms with Crippen LogP contribution < -0.4 is 10.1 Å². The first-order chi connectivity index (χ1) is 9.24. The van der Waals surface area contributed by atoms with E-state index in [0.29, 0.717) is 6.61 Å². The lowest BCUT2D eigenvalue weighted by molar-refractivity contribution is 0.262. The topological polar surface area (TPSA) is 34.4 Å². The highest BCUT2D eigenvalue weighted by molar-refractivity contribution is 7.98. The monoisotopic (exact) mass is 277 g/mol. The number of ether oxygens (including phenoxy) is 1. The molecule has 0 fully saturated rings. The molecule has 0 saturated carbocycles. The van der Waals surface area contributed by atoms with Gasteiger partial charge in [-0.3, -0.25) is 0 Å². The Balaban J connectivity index is 2.04. The van der Waals surface area contributed by atoms with Gasteiger partial charge in [0.2, 0.25) is 0 Å². The summed E-state index contributed by atoms with van der Waals surface area (Å²) in [4.78, 5) is 1.14. The minimum Gasteiger partial charge on any atom is -0.484 e. The van der Waals surface area contributed by atoms with Crippen molar-refractivity contribution < 1.29 is 9.15 Å². The number of aryl methyl sites for hydroxylation is 1. The molecule has 3 nitrogen and oxygen atoms in total. The Morgan fingerprint density at radius 2 is 2.11 bits per heavy atom. The van der Waals surface area contributed by atoms with E-state index in [1.165, 1.54) is 5.56 Å². The van der Waals surface area contributed by atoms with Crippen LogP contribution >= 0.6 is 11.8 Å². The van der Waals surface area contributed by atoms with E-state index in [2.05, 4.69) is 11.4 Å². The summed E-state index contributed by atoms with van der Waals surface area (Å²) in [6.07, 6.45) is 2.05. The minimum absolute atomic E-state index is 0.460. The first-order valence-electron chi connectivity index (χ1n) is 6.23. The number of hydrogen-bond acceptors (Lipinski definition) is 4. The summed E-state index contributed by atoms with van der Waals surface area (Å²) in [6, 6.07) is 10.1. The van der Waals surface area contributed by atoms with Crippen molar-refractivity contribution in [3.63, 3.8) is 0 Å². The smallest absolute Gasteiger partial charge is 0.146 e. The molecule has 1 aromatic heterocycles. The third kappa shape index (κ3) is 3.55. The Morgan fingerprint density at radius 3 is 2.84 bits per heavy atom. The zero-order chi connectivity index (χ0) is 13.7. The predicted octanol–water partition coefficient (Wildman–Crippen LogP) is 3.61. The molecule has 1 N–H and O–H groups in total. The second-order valence-corrected chi connectivity index (χ2v) is 5.11. The van der Waals surface area contributed by atoms with Crippen LogP contribution in [0.15, 0.2) is 39.6 Å². The van der Waals surface area contributed by atoms with Gasteiger partial charge in [0.05, 0.1) is 0 Å². The van der Waals surface area contributed by atoms with Gasteiger partial charge >= 0.3 is 0 Å². The highest BCUT2D eigenvalue weighted by Gasteiger charge is 2.08. The molecule has 0 amide bonds. The molecule has 0 saturated heterocycles. The standard InChI is InChI=1S/C15H19NO2S/c1-11-12(9-16-2)8-13(18-11)10-17-14-6-4-5-7-15(14)19-3/h4-8,16H,9-10H2,1-3H3. The van der Waals surface area contributed by atoms with Crippen molar-refractivity contribution in [1.29, 1.82) is 0 Å². The number of benzene rings is 1. The highest BCUT2D eigenvalue weighted by Crippen LogP contribution is 2.28. The Kier molecular flexibility index (Phi) is 4.93. The number of para-hydroxylation sites is 1. The molecule has 0 atom stereocenters. The maximum atomic E-state index is 5.83. The van der Waals surface area contributed by atoms with Crippen LogP contribution in [0.1, 0.15) is 17.1 Å². The number of hydrogen-bond donors (Lipinski definition) is 1. The summed E-state index contributed by atoms with van der Waals surface area (Å²) >= 11 is 1.68. The quantitative estimate of drug-likeness (QED) is 0.818. The van der Waals surface area contributed by atoms with Crippen molar-refractivity contribution >= 4 is 11.8 Å². The number of nitrogens with one attached hydrogen (secondary N) is 1. The summed E-state index contributed by atoms with van der Waals surface area (Å²) in [5.41, 5.74) is 1.18. The van der Waals surface area contributed by atoms with Crippen molar-refractivity contribution in [2.75, 3.05) is 13.3 Å². The fraction of sp³-hybridized carbons (Fsp3) is 0.333. The predicted molar refractivity (Wildman–Crippen MR) is 78.8 cm³/mol. The van der Waals surface area contributed by atoms with E-state index in [0.717, 1.165) is 28.7 Å². The Labute approximate surface area is 118 Å². The van der Waals surface area contributed by atoms with Crippen LogP contribution in [-0.4, -0.2) is 13.3 Å². The van der Waals surface area contributed by atoms with Crippen LogP contribution in [0, 0.1) is 6.92 Å². The van der Waals surface area contributed by atoms with E-state index in [1.807, 2.05) is 44.5 Å². The van der Waals surface area contributed by atoms with E-state index in [4.69, 9.17) is 9.15 Å². The fourth-order valence-electron chi connectivity index (χ4n) is 1.91. The van der Waals surface area contributed by atoms with Gasteiger partial charge < -0.3 is 14.5 Å². The maximum Gasteiger partial charge on any atom is 0.146 e. The zero-order valence-corrected chi connectivity index (χ0v) is 12.3. The summed E-state index contributed by atoms with van der Waals surface area (Å²) in [5, 5.41) is 3.13. The molecule has 0 radical (unpaired) electrons. The van der Waals surface area contributed by atoms with Gasteiger partial charge in [-0.2, -0.15) is 0 Å². The van der Waals surface area contributed by atoms with Crippen molar-refractivity contribution in [2.45, 2.75) is 25.0 Å². The van der Waals surface area contributed by atoms with E-state index >= 15 is 0 Å². The molecule has 0 aliphatic carbocycles. The first kappa shape index (κ1) is 14.0. The Hall–Kier alpha value is -1.39. The van der Waals surface area contributed by atoms with Crippen LogP contribution in [0.3, 0.4) is 0 Å². The second kappa shape index (κ2) is 6.68. The molecule has 4 heteroatoms. The van der Waals surface area contributed by atoms with Crippen LogP contribution in [0.5, 0.6) is 5.75 Å². The molecule has 1 aromatic carbocycles. The summed E-state index contributed by atoms with van der Waals surface area (Å²) in [7, 11) is 1.93. The zero-order valence-electron chi connectivity index (χ0n) is 11.5. The van der Waals surface area contributed by atoms with Crippen molar-refractivity contribution in [3.05, 3.63) is 47.4 Å². The molecule has 2 aromatic rings. The Morgan fingerprint density at radius 1 is 1.32 bits per heavy atom. The molecular weight excluding hydrogens is 258 g/mol. The van der Waals surface area contributed by atoms with E-state index < -0.39 is 0 Å². The average molecular weight is 277 g/mol. The van der Waals surface area contributed by atoms with Gasteiger partial charge in [0.1, 0.15) is 23.9 Å². The van der Waals surface area contributed by atoms with Gasteiger partial charge in [0, 0.05) is 17.0 Å². The molecule has 0 bridgehead atoms. The SMILES string of the molecule is CNCc1cc(COc2ccccc2SC)oc1C.